The van der Waals surface area contributed by atoms with Crippen LogP contribution in [-0.4, -0.2) is 4.98 Å². The standard InChI is InChI=1S/C14H11FN2S/c1-9-10(2)18-14(17-9)12(8-16)7-11-3-5-13(15)6-4-11/h3-7H,1-2H3/b12-7+. The number of thiazole rings is 1. The number of aromatic nitrogens is 1. The molecule has 0 spiro atoms. The topological polar surface area (TPSA) is 36.7 Å². The van der Waals surface area contributed by atoms with Crippen LogP contribution in [0.2, 0.25) is 0 Å². The molecular weight excluding hydrogens is 247 g/mol. The van der Waals surface area contributed by atoms with E-state index in [-0.39, 0.29) is 5.82 Å². The Balaban J connectivity index is 2.40. The average molecular weight is 258 g/mol. The SMILES string of the molecule is Cc1nc(/C(C#N)=C/c2ccc(F)cc2)sc1C. The molecule has 0 saturated carbocycles. The number of nitriles is 1. The Labute approximate surface area is 109 Å². The van der Waals surface area contributed by atoms with E-state index in [4.69, 9.17) is 5.26 Å². The van der Waals surface area contributed by atoms with E-state index >= 15 is 0 Å². The first-order chi connectivity index (χ1) is 8.60. The Morgan fingerprint density at radius 2 is 2.00 bits per heavy atom. The van der Waals surface area contributed by atoms with Gasteiger partial charge in [0.2, 0.25) is 0 Å². The molecule has 2 aromatic rings. The Morgan fingerprint density at radius 3 is 2.50 bits per heavy atom. The fraction of sp³-hybridized carbons (Fsp3) is 0.143. The van der Waals surface area contributed by atoms with Crippen molar-refractivity contribution in [2.75, 3.05) is 0 Å². The fourth-order valence-electron chi connectivity index (χ4n) is 1.46. The van der Waals surface area contributed by atoms with E-state index in [1.165, 1.54) is 23.5 Å². The molecule has 0 fully saturated rings. The number of hydrogen-bond acceptors (Lipinski definition) is 3. The highest BCUT2D eigenvalue weighted by Crippen LogP contribution is 2.25. The fourth-order valence-corrected chi connectivity index (χ4v) is 2.34. The predicted molar refractivity (Wildman–Crippen MR) is 71.5 cm³/mol. The highest BCUT2D eigenvalue weighted by atomic mass is 32.1. The van der Waals surface area contributed by atoms with Crippen LogP contribution in [0, 0.1) is 31.0 Å². The lowest BCUT2D eigenvalue weighted by Gasteiger charge is -1.95. The lowest BCUT2D eigenvalue weighted by atomic mass is 10.1. The summed E-state index contributed by atoms with van der Waals surface area (Å²) in [7, 11) is 0. The Bertz CT molecular complexity index is 613. The molecule has 0 aliphatic carbocycles. The lowest BCUT2D eigenvalue weighted by Crippen LogP contribution is -1.82. The van der Waals surface area contributed by atoms with Crippen molar-refractivity contribution in [1.29, 1.82) is 5.26 Å². The monoisotopic (exact) mass is 258 g/mol. The summed E-state index contributed by atoms with van der Waals surface area (Å²) in [6, 6.07) is 8.16. The van der Waals surface area contributed by atoms with Crippen LogP contribution in [0.1, 0.15) is 21.1 Å². The summed E-state index contributed by atoms with van der Waals surface area (Å²) in [5.41, 5.74) is 2.23. The molecular formula is C14H11FN2S. The van der Waals surface area contributed by atoms with Gasteiger partial charge in [-0.1, -0.05) is 12.1 Å². The Hall–Kier alpha value is -1.99. The van der Waals surface area contributed by atoms with Crippen molar-refractivity contribution in [1.82, 2.24) is 4.98 Å². The predicted octanol–water partition coefficient (Wildman–Crippen LogP) is 3.96. The van der Waals surface area contributed by atoms with Crippen molar-refractivity contribution in [3.8, 4) is 6.07 Å². The highest BCUT2D eigenvalue weighted by Gasteiger charge is 2.08. The number of rotatable bonds is 2. The molecule has 0 bridgehead atoms. The molecule has 0 N–H and O–H groups in total. The van der Waals surface area contributed by atoms with E-state index in [9.17, 15) is 4.39 Å². The van der Waals surface area contributed by atoms with E-state index < -0.39 is 0 Å². The van der Waals surface area contributed by atoms with Crippen LogP contribution in [0.15, 0.2) is 24.3 Å². The van der Waals surface area contributed by atoms with E-state index in [0.29, 0.717) is 10.6 Å². The van der Waals surface area contributed by atoms with Gasteiger partial charge < -0.3 is 0 Å². The van der Waals surface area contributed by atoms with Crippen LogP contribution in [0.5, 0.6) is 0 Å². The zero-order valence-electron chi connectivity index (χ0n) is 10.1. The van der Waals surface area contributed by atoms with E-state index in [1.807, 2.05) is 13.8 Å². The molecule has 18 heavy (non-hydrogen) atoms. The number of hydrogen-bond donors (Lipinski definition) is 0. The summed E-state index contributed by atoms with van der Waals surface area (Å²) in [5.74, 6) is -0.286. The van der Waals surface area contributed by atoms with Gasteiger partial charge in [-0.2, -0.15) is 5.26 Å². The van der Waals surface area contributed by atoms with Gasteiger partial charge in [-0.25, -0.2) is 9.37 Å². The van der Waals surface area contributed by atoms with Gasteiger partial charge in [0.05, 0.1) is 11.3 Å². The molecule has 0 aliphatic rings. The van der Waals surface area contributed by atoms with Gasteiger partial charge in [0.15, 0.2) is 0 Å². The van der Waals surface area contributed by atoms with E-state index in [0.717, 1.165) is 16.1 Å². The Morgan fingerprint density at radius 1 is 1.33 bits per heavy atom. The molecule has 0 saturated heterocycles. The molecule has 1 aromatic heterocycles. The number of benzene rings is 1. The minimum Gasteiger partial charge on any atom is -0.240 e. The smallest absolute Gasteiger partial charge is 0.134 e. The van der Waals surface area contributed by atoms with Crippen LogP contribution < -0.4 is 0 Å². The summed E-state index contributed by atoms with van der Waals surface area (Å²) in [6.45, 7) is 3.89. The van der Waals surface area contributed by atoms with Crippen molar-refractivity contribution >= 4 is 23.0 Å². The first-order valence-electron chi connectivity index (χ1n) is 5.42. The van der Waals surface area contributed by atoms with Gasteiger partial charge in [0.1, 0.15) is 16.9 Å². The van der Waals surface area contributed by atoms with Crippen molar-refractivity contribution in [3.63, 3.8) is 0 Å². The summed E-state index contributed by atoms with van der Waals surface area (Å²) in [5, 5.41) is 9.88. The van der Waals surface area contributed by atoms with Crippen LogP contribution in [0.25, 0.3) is 11.6 Å². The number of halogens is 1. The quantitative estimate of drug-likeness (QED) is 0.764. The average Bonchev–Trinajstić information content (AvgIpc) is 2.69. The highest BCUT2D eigenvalue weighted by molar-refractivity contribution is 7.12. The molecule has 0 aliphatic heterocycles. The van der Waals surface area contributed by atoms with E-state index in [2.05, 4.69) is 11.1 Å². The molecule has 2 nitrogen and oxygen atoms in total. The molecule has 2 rings (SSSR count). The van der Waals surface area contributed by atoms with Crippen LogP contribution in [-0.2, 0) is 0 Å². The van der Waals surface area contributed by atoms with Crippen molar-refractivity contribution in [3.05, 3.63) is 51.2 Å². The third-order valence-electron chi connectivity index (χ3n) is 2.56. The first kappa shape index (κ1) is 12.5. The third-order valence-corrected chi connectivity index (χ3v) is 3.67. The van der Waals surface area contributed by atoms with Gasteiger partial charge in [0.25, 0.3) is 0 Å². The zero-order valence-corrected chi connectivity index (χ0v) is 10.9. The molecule has 4 heteroatoms. The molecule has 1 aromatic carbocycles. The molecule has 0 atom stereocenters. The van der Waals surface area contributed by atoms with Gasteiger partial charge in [-0.15, -0.1) is 11.3 Å². The van der Waals surface area contributed by atoms with Crippen molar-refractivity contribution < 1.29 is 4.39 Å². The summed E-state index contributed by atoms with van der Waals surface area (Å²) < 4.78 is 12.8. The van der Waals surface area contributed by atoms with Crippen LogP contribution in [0.4, 0.5) is 4.39 Å². The van der Waals surface area contributed by atoms with Crippen LogP contribution >= 0.6 is 11.3 Å². The number of nitrogens with zero attached hydrogens (tertiary/aromatic N) is 2. The molecule has 0 amide bonds. The van der Waals surface area contributed by atoms with Gasteiger partial charge in [-0.05, 0) is 37.6 Å². The summed E-state index contributed by atoms with van der Waals surface area (Å²) in [6.07, 6.45) is 1.72. The summed E-state index contributed by atoms with van der Waals surface area (Å²) >= 11 is 1.49. The maximum Gasteiger partial charge on any atom is 0.134 e. The van der Waals surface area contributed by atoms with Crippen molar-refractivity contribution in [2.45, 2.75) is 13.8 Å². The second-order valence-corrected chi connectivity index (χ2v) is 5.09. The van der Waals surface area contributed by atoms with Gasteiger partial charge in [0, 0.05) is 4.88 Å². The molecule has 90 valence electrons. The van der Waals surface area contributed by atoms with Crippen molar-refractivity contribution in [2.24, 2.45) is 0 Å². The van der Waals surface area contributed by atoms with E-state index in [1.54, 1.807) is 18.2 Å². The maximum absolute atomic E-state index is 12.8. The first-order valence-corrected chi connectivity index (χ1v) is 6.23. The summed E-state index contributed by atoms with van der Waals surface area (Å²) in [4.78, 5) is 5.45. The maximum atomic E-state index is 12.8. The third kappa shape index (κ3) is 2.63. The largest absolute Gasteiger partial charge is 0.240 e. The molecule has 0 unspecified atom stereocenters. The van der Waals surface area contributed by atoms with Crippen LogP contribution in [0.3, 0.4) is 0 Å². The number of allylic oxidation sites excluding steroid dienone is 1. The number of aryl methyl sites for hydroxylation is 2. The lowest BCUT2D eigenvalue weighted by molar-refractivity contribution is 0.628. The minimum atomic E-state index is -0.286. The van der Waals surface area contributed by atoms with Gasteiger partial charge in [-0.3, -0.25) is 0 Å². The second-order valence-electron chi connectivity index (χ2n) is 3.88. The second kappa shape index (κ2) is 5.11. The molecule has 0 radical (unpaired) electrons. The van der Waals surface area contributed by atoms with Gasteiger partial charge >= 0.3 is 0 Å². The minimum absolute atomic E-state index is 0.286. The Kier molecular flexibility index (Phi) is 3.54. The normalized spacial score (nSPS) is 11.3. The molecule has 1 heterocycles. The zero-order chi connectivity index (χ0) is 13.1.